The second kappa shape index (κ2) is 20.6. The first-order chi connectivity index (χ1) is 33.5. The van der Waals surface area contributed by atoms with Gasteiger partial charge in [0, 0.05) is 106 Å². The van der Waals surface area contributed by atoms with Gasteiger partial charge in [0.1, 0.15) is 17.8 Å². The number of hydrogen-bond donors (Lipinski definition) is 3. The number of nitrogens with zero attached hydrogens (tertiary/aromatic N) is 7. The molecule has 1 aromatic carbocycles. The fourth-order valence-corrected chi connectivity index (χ4v) is 11.8. The van der Waals surface area contributed by atoms with Crippen LogP contribution in [0, 0.1) is 11.3 Å². The number of aromatic nitrogens is 2. The zero-order valence-corrected chi connectivity index (χ0v) is 43.2. The Bertz CT molecular complexity index is 2580. The lowest BCUT2D eigenvalue weighted by atomic mass is 9.83. The molecule has 2 aromatic heterocycles. The molecule has 3 aromatic rings. The smallest absolute Gasteiger partial charge is 0.324 e. The normalized spacial score (nSPS) is 26.1. The predicted molar refractivity (Wildman–Crippen MR) is 271 cm³/mol. The van der Waals surface area contributed by atoms with Gasteiger partial charge in [-0.05, 0) is 102 Å². The van der Waals surface area contributed by atoms with Gasteiger partial charge in [-0.2, -0.15) is 0 Å². The van der Waals surface area contributed by atoms with E-state index < -0.39 is 29.8 Å². The molecule has 70 heavy (non-hydrogen) atoms. The van der Waals surface area contributed by atoms with Gasteiger partial charge in [0.25, 0.3) is 5.91 Å². The van der Waals surface area contributed by atoms with E-state index in [0.717, 1.165) is 83.8 Å². The second-order valence-electron chi connectivity index (χ2n) is 21.1. The molecule has 18 heteroatoms. The van der Waals surface area contributed by atoms with Crippen LogP contribution in [0.4, 0.5) is 4.79 Å². The third-order valence-corrected chi connectivity index (χ3v) is 15.8. The summed E-state index contributed by atoms with van der Waals surface area (Å²) in [5.74, 6) is -0.259. The summed E-state index contributed by atoms with van der Waals surface area (Å²) in [5, 5.41) is 12.4. The standard InChI is InChI=1S/C52H72N10O7S/c1-10-61-41-16-15-33-23-35(41)36(45(61)34-13-11-19-53-43(34)31(4)67-9)25-52(5,6)29-68-50(65)37-14-12-20-62(57-37)49-46(69-49)38(24-42-55-40(33)28-70-42)56-47(63)44(30(2)3)59(8)51(66)60-21-17-32(18-22-60)27-58(7)48(64)39-26-54-39/h15-16,19,23,28,31-32,37-39,46,49,54,57H,10-14,17-18,20-22,24-27,29H2,1-9H3,(H,56,63)/t31-,37-,38-,39+,46?,49?/m0/s1. The minimum Gasteiger partial charge on any atom is -0.464 e. The van der Waals surface area contributed by atoms with E-state index in [4.69, 9.17) is 24.2 Å². The van der Waals surface area contributed by atoms with Crippen LogP contribution in [-0.2, 0) is 48.0 Å². The number of amides is 4. The summed E-state index contributed by atoms with van der Waals surface area (Å²) in [4.78, 5) is 70.5. The Labute approximate surface area is 416 Å². The highest BCUT2D eigenvalue weighted by atomic mass is 32.1. The molecule has 0 spiro atoms. The first-order valence-corrected chi connectivity index (χ1v) is 26.2. The van der Waals surface area contributed by atoms with Gasteiger partial charge in [0.2, 0.25) is 5.91 Å². The maximum atomic E-state index is 14.6. The molecular weight excluding hydrogens is 909 g/mol. The Hall–Kier alpha value is -4.98. The van der Waals surface area contributed by atoms with Gasteiger partial charge in [-0.15, -0.1) is 11.3 Å². The zero-order chi connectivity index (χ0) is 49.6. The quantitative estimate of drug-likeness (QED) is 0.128. The summed E-state index contributed by atoms with van der Waals surface area (Å²) in [7, 11) is 5.24. The summed E-state index contributed by atoms with van der Waals surface area (Å²) in [6.07, 6.45) is 6.61. The van der Waals surface area contributed by atoms with Crippen molar-refractivity contribution in [3.05, 3.63) is 56.8 Å². The Morgan fingerprint density at radius 2 is 1.89 bits per heavy atom. The summed E-state index contributed by atoms with van der Waals surface area (Å²) in [5.41, 5.74) is 11.4. The number of piperidine rings is 1. The molecule has 378 valence electrons. The molecule has 0 radical (unpaired) electrons. The minimum atomic E-state index is -0.556. The van der Waals surface area contributed by atoms with Crippen molar-refractivity contribution >= 4 is 57.8 Å². The number of esters is 1. The molecular formula is C52H72N10O7S. The molecule has 0 aliphatic carbocycles. The summed E-state index contributed by atoms with van der Waals surface area (Å²) in [6.45, 7) is 16.4. The number of likely N-dealkylation sites (N-methyl/N-ethyl adjacent to an activating group) is 2. The fourth-order valence-electron chi connectivity index (χ4n) is 11.0. The molecule has 17 nitrogen and oxygen atoms in total. The van der Waals surface area contributed by atoms with Crippen LogP contribution in [-0.4, -0.2) is 156 Å². The molecule has 4 amide bonds. The third-order valence-electron chi connectivity index (χ3n) is 14.9. The van der Waals surface area contributed by atoms with Crippen molar-refractivity contribution in [1.82, 2.24) is 45.3 Å². The molecule has 6 bridgehead atoms. The number of hydrogen-bond acceptors (Lipinski definition) is 13. The van der Waals surface area contributed by atoms with Crippen LogP contribution in [0.3, 0.4) is 0 Å². The van der Waals surface area contributed by atoms with E-state index >= 15 is 0 Å². The van der Waals surface area contributed by atoms with Crippen LogP contribution in [0.5, 0.6) is 0 Å². The first kappa shape index (κ1) is 50.0. The average Bonchev–Trinajstić information content (AvgIpc) is 4.29. The van der Waals surface area contributed by atoms with Gasteiger partial charge in [-0.3, -0.25) is 24.3 Å². The fraction of sp³-hybridized carbons (Fsp3) is 0.615. The number of allylic oxidation sites excluding steroid dienone is 2. The number of hydrazine groups is 1. The van der Waals surface area contributed by atoms with Crippen molar-refractivity contribution in [2.75, 3.05) is 60.5 Å². The number of urea groups is 1. The van der Waals surface area contributed by atoms with E-state index in [-0.39, 0.29) is 48.3 Å². The molecule has 0 saturated carbocycles. The van der Waals surface area contributed by atoms with Crippen LogP contribution in [0.15, 0.2) is 45.5 Å². The van der Waals surface area contributed by atoms with E-state index in [1.807, 2.05) is 39.0 Å². The Balaban J connectivity index is 1.01. The molecule has 9 rings (SSSR count). The largest absolute Gasteiger partial charge is 0.464 e. The molecule has 3 N–H and O–H groups in total. The number of likely N-dealkylation sites (tertiary alicyclic amines) is 1. The van der Waals surface area contributed by atoms with Crippen LogP contribution < -0.4 is 16.1 Å². The molecule has 7 atom stereocenters. The number of ether oxygens (including phenoxy) is 3. The zero-order valence-electron chi connectivity index (χ0n) is 42.4. The van der Waals surface area contributed by atoms with Gasteiger partial charge in [-0.25, -0.2) is 20.2 Å². The van der Waals surface area contributed by atoms with Gasteiger partial charge in [0.15, 0.2) is 6.23 Å². The molecule has 3 unspecified atom stereocenters. The van der Waals surface area contributed by atoms with Gasteiger partial charge in [-0.1, -0.05) is 19.9 Å². The number of carbonyl (C=O) groups is 4. The Morgan fingerprint density at radius 1 is 1.11 bits per heavy atom. The van der Waals surface area contributed by atoms with Crippen molar-refractivity contribution < 1.29 is 33.4 Å². The highest BCUT2D eigenvalue weighted by Crippen LogP contribution is 2.42. The summed E-state index contributed by atoms with van der Waals surface area (Å²) in [6, 6.07) is 5.22. The number of aliphatic imine (C=N–C) groups is 1. The van der Waals surface area contributed by atoms with E-state index in [9.17, 15) is 19.2 Å². The summed E-state index contributed by atoms with van der Waals surface area (Å²) >= 11 is 1.55. The average molecular weight is 981 g/mol. The summed E-state index contributed by atoms with van der Waals surface area (Å²) < 4.78 is 20.9. The maximum absolute atomic E-state index is 14.6. The number of cyclic esters (lactones) is 1. The van der Waals surface area contributed by atoms with E-state index in [1.54, 1.807) is 35.3 Å². The molecule has 6 aliphatic heterocycles. The molecule has 6 aliphatic rings. The van der Waals surface area contributed by atoms with Crippen molar-refractivity contribution in [2.45, 2.75) is 136 Å². The van der Waals surface area contributed by atoms with Gasteiger partial charge >= 0.3 is 12.0 Å². The number of benzene rings is 1. The van der Waals surface area contributed by atoms with E-state index in [0.29, 0.717) is 56.9 Å². The van der Waals surface area contributed by atoms with Crippen LogP contribution in [0.25, 0.3) is 27.7 Å². The monoisotopic (exact) mass is 981 g/mol. The van der Waals surface area contributed by atoms with E-state index in [2.05, 4.69) is 65.0 Å². The van der Waals surface area contributed by atoms with Crippen LogP contribution >= 0.6 is 11.3 Å². The van der Waals surface area contributed by atoms with Crippen molar-refractivity contribution in [1.29, 1.82) is 0 Å². The first-order valence-electron chi connectivity index (χ1n) is 25.3. The number of methoxy groups -OCH3 is 1. The number of fused-ring (bicyclic) bond motifs is 8. The minimum absolute atomic E-state index is 0.0650. The highest BCUT2D eigenvalue weighted by Gasteiger charge is 2.51. The molecule has 8 heterocycles. The number of nitrogens with one attached hydrogen (secondary N) is 3. The molecule has 4 fully saturated rings. The lowest BCUT2D eigenvalue weighted by Gasteiger charge is -2.36. The van der Waals surface area contributed by atoms with Crippen molar-refractivity contribution in [3.63, 3.8) is 0 Å². The number of rotatable bonds is 10. The topological polar surface area (TPSA) is 188 Å². The lowest BCUT2D eigenvalue weighted by Crippen LogP contribution is -2.56. The van der Waals surface area contributed by atoms with Crippen LogP contribution in [0.2, 0.25) is 0 Å². The number of epoxide rings is 1. The number of carbonyl (C=O) groups excluding carboxylic acids is 4. The number of thiazole rings is 1. The predicted octanol–water partition coefficient (Wildman–Crippen LogP) is 5.73. The Kier molecular flexibility index (Phi) is 14.7. The Morgan fingerprint density at radius 3 is 2.60 bits per heavy atom. The third kappa shape index (κ3) is 10.5. The van der Waals surface area contributed by atoms with Gasteiger partial charge < -0.3 is 39.2 Å². The second-order valence-corrected chi connectivity index (χ2v) is 22.0. The lowest BCUT2D eigenvalue weighted by molar-refractivity contribution is -0.152. The van der Waals surface area contributed by atoms with E-state index in [1.165, 1.54) is 16.0 Å². The van der Waals surface area contributed by atoms with Crippen LogP contribution in [0.1, 0.15) is 96.3 Å². The van der Waals surface area contributed by atoms with Gasteiger partial charge in [0.05, 0.1) is 46.9 Å². The number of aryl methyl sites for hydroxylation is 1. The SMILES string of the molecule is CCn1c(C2=C([C@H](C)OC)N=CCC2)c2c3cc(ccc31)-c1csc(n1)C[C@H](NC(=O)C(=C(C)C)N(C)C(=O)N1CCC(CN(C)C(=O)[C@H]3CN3)CC1)C1OC1N1CCC[C@H](N1)C(=O)OCC(C)(C)C2. The maximum Gasteiger partial charge on any atom is 0.324 e. The highest BCUT2D eigenvalue weighted by molar-refractivity contribution is 7.10. The molecule has 4 saturated heterocycles. The van der Waals surface area contributed by atoms with Crippen molar-refractivity contribution in [2.24, 2.45) is 16.3 Å². The van der Waals surface area contributed by atoms with Crippen molar-refractivity contribution in [3.8, 4) is 11.3 Å².